The smallest absolute Gasteiger partial charge is 0.131 e. The molecule has 2 aromatic carbocycles. The fourth-order valence-corrected chi connectivity index (χ4v) is 3.68. The van der Waals surface area contributed by atoms with E-state index in [-0.39, 0.29) is 0 Å². The normalized spacial score (nSPS) is 10.8. The lowest BCUT2D eigenvalue weighted by Crippen LogP contribution is -1.98. The maximum Gasteiger partial charge on any atom is 0.131 e. The van der Waals surface area contributed by atoms with Crippen LogP contribution >= 0.6 is 11.6 Å². The summed E-state index contributed by atoms with van der Waals surface area (Å²) in [4.78, 5) is 7.66. The van der Waals surface area contributed by atoms with Crippen LogP contribution in [0.4, 0.5) is 0 Å². The van der Waals surface area contributed by atoms with Crippen molar-refractivity contribution < 1.29 is 4.74 Å². The molecule has 0 saturated heterocycles. The predicted octanol–water partition coefficient (Wildman–Crippen LogP) is 6.09. The SMILES string of the molecule is CCc1cc(OCc2ccc(-c3c(CC#N)c[nH]c3Cl)cc2)c2ccccc2n1. The Balaban J connectivity index is 1.56. The van der Waals surface area contributed by atoms with E-state index in [1.54, 1.807) is 6.20 Å². The summed E-state index contributed by atoms with van der Waals surface area (Å²) in [5.41, 5.74) is 5.78. The molecule has 0 bridgehead atoms. The van der Waals surface area contributed by atoms with Gasteiger partial charge in [0.1, 0.15) is 17.5 Å². The Morgan fingerprint density at radius 3 is 2.69 bits per heavy atom. The molecule has 0 amide bonds. The molecule has 0 spiro atoms. The van der Waals surface area contributed by atoms with E-state index >= 15 is 0 Å². The van der Waals surface area contributed by atoms with Crippen LogP contribution in [0.5, 0.6) is 5.75 Å². The number of pyridine rings is 1. The fraction of sp³-hybridized carbons (Fsp3) is 0.167. The monoisotopic (exact) mass is 401 g/mol. The summed E-state index contributed by atoms with van der Waals surface area (Å²) in [6.45, 7) is 2.55. The molecule has 0 radical (unpaired) electrons. The predicted molar refractivity (Wildman–Crippen MR) is 116 cm³/mol. The first-order valence-corrected chi connectivity index (χ1v) is 9.91. The third kappa shape index (κ3) is 3.96. The van der Waals surface area contributed by atoms with Crippen LogP contribution in [0, 0.1) is 11.3 Å². The lowest BCUT2D eigenvalue weighted by molar-refractivity contribution is 0.309. The van der Waals surface area contributed by atoms with Crippen LogP contribution < -0.4 is 4.74 Å². The molecule has 0 fully saturated rings. The van der Waals surface area contributed by atoms with Crippen LogP contribution in [0.25, 0.3) is 22.0 Å². The molecule has 2 aromatic heterocycles. The standard InChI is InChI=1S/C24H20ClN3O/c1-2-19-13-22(20-5-3-4-6-21(20)28-19)29-15-16-7-9-17(10-8-16)23-18(11-12-26)14-27-24(23)25/h3-10,13-14,27H,2,11,15H2,1H3. The number of nitrogens with one attached hydrogen (secondary N) is 1. The molecule has 0 unspecified atom stereocenters. The van der Waals surface area contributed by atoms with Crippen molar-refractivity contribution in [1.29, 1.82) is 5.26 Å². The van der Waals surface area contributed by atoms with E-state index < -0.39 is 0 Å². The van der Waals surface area contributed by atoms with Gasteiger partial charge in [0.05, 0.1) is 18.0 Å². The van der Waals surface area contributed by atoms with E-state index in [0.29, 0.717) is 18.2 Å². The van der Waals surface area contributed by atoms with Crippen molar-refractivity contribution in [3.63, 3.8) is 0 Å². The number of halogens is 1. The number of benzene rings is 2. The first-order valence-electron chi connectivity index (χ1n) is 9.53. The lowest BCUT2D eigenvalue weighted by Gasteiger charge is -2.11. The Kier molecular flexibility index (Phi) is 5.50. The Labute approximate surface area is 174 Å². The highest BCUT2D eigenvalue weighted by molar-refractivity contribution is 6.32. The number of hydrogen-bond donors (Lipinski definition) is 1. The van der Waals surface area contributed by atoms with Crippen LogP contribution in [0.3, 0.4) is 0 Å². The van der Waals surface area contributed by atoms with Gasteiger partial charge in [-0.1, -0.05) is 54.9 Å². The van der Waals surface area contributed by atoms with Crippen LogP contribution in [-0.2, 0) is 19.4 Å². The summed E-state index contributed by atoms with van der Waals surface area (Å²) in [6, 6.07) is 20.3. The summed E-state index contributed by atoms with van der Waals surface area (Å²) in [7, 11) is 0. The van der Waals surface area contributed by atoms with Gasteiger partial charge in [-0.3, -0.25) is 4.98 Å². The van der Waals surface area contributed by atoms with Gasteiger partial charge >= 0.3 is 0 Å². The van der Waals surface area contributed by atoms with E-state index in [0.717, 1.165) is 51.0 Å². The molecule has 29 heavy (non-hydrogen) atoms. The van der Waals surface area contributed by atoms with Crippen molar-refractivity contribution in [3.05, 3.63) is 82.8 Å². The van der Waals surface area contributed by atoms with Gasteiger partial charge in [-0.2, -0.15) is 5.26 Å². The Hall–Kier alpha value is -3.29. The molecule has 1 N–H and O–H groups in total. The Morgan fingerprint density at radius 2 is 1.93 bits per heavy atom. The van der Waals surface area contributed by atoms with Crippen LogP contribution in [0.15, 0.2) is 60.8 Å². The van der Waals surface area contributed by atoms with Crippen LogP contribution in [0.1, 0.15) is 23.7 Å². The summed E-state index contributed by atoms with van der Waals surface area (Å²) in [5.74, 6) is 0.849. The highest BCUT2D eigenvalue weighted by atomic mass is 35.5. The number of H-pyrrole nitrogens is 1. The van der Waals surface area contributed by atoms with Gasteiger partial charge in [0.15, 0.2) is 0 Å². The highest BCUT2D eigenvalue weighted by Gasteiger charge is 2.12. The van der Waals surface area contributed by atoms with E-state index in [1.807, 2.05) is 54.6 Å². The minimum Gasteiger partial charge on any atom is -0.488 e. The zero-order valence-electron chi connectivity index (χ0n) is 16.1. The molecule has 0 saturated carbocycles. The zero-order chi connectivity index (χ0) is 20.2. The molecule has 4 aromatic rings. The molecule has 0 aliphatic heterocycles. The summed E-state index contributed by atoms with van der Waals surface area (Å²) >= 11 is 6.28. The molecule has 2 heterocycles. The minimum atomic E-state index is 0.318. The lowest BCUT2D eigenvalue weighted by atomic mass is 10.0. The number of nitrogens with zero attached hydrogens (tertiary/aromatic N) is 2. The number of aromatic amines is 1. The van der Waals surface area contributed by atoms with E-state index in [4.69, 9.17) is 21.6 Å². The third-order valence-corrected chi connectivity index (χ3v) is 5.21. The largest absolute Gasteiger partial charge is 0.488 e. The number of fused-ring (bicyclic) bond motifs is 1. The molecule has 5 heteroatoms. The molecule has 0 aliphatic carbocycles. The number of ether oxygens (including phenoxy) is 1. The topological polar surface area (TPSA) is 61.7 Å². The van der Waals surface area contributed by atoms with Crippen molar-refractivity contribution in [2.24, 2.45) is 0 Å². The van der Waals surface area contributed by atoms with E-state index in [9.17, 15) is 0 Å². The molecule has 0 atom stereocenters. The second kappa shape index (κ2) is 8.38. The van der Waals surface area contributed by atoms with Crippen molar-refractivity contribution in [3.8, 4) is 22.9 Å². The van der Waals surface area contributed by atoms with Crippen molar-refractivity contribution in [2.75, 3.05) is 0 Å². The number of rotatable bonds is 6. The van der Waals surface area contributed by atoms with Crippen LogP contribution in [-0.4, -0.2) is 9.97 Å². The second-order valence-electron chi connectivity index (χ2n) is 6.81. The van der Waals surface area contributed by atoms with Gasteiger partial charge < -0.3 is 9.72 Å². The molecule has 4 rings (SSSR count). The van der Waals surface area contributed by atoms with Crippen molar-refractivity contribution in [2.45, 2.75) is 26.4 Å². The zero-order valence-corrected chi connectivity index (χ0v) is 16.8. The molecular weight excluding hydrogens is 382 g/mol. The Morgan fingerprint density at radius 1 is 1.14 bits per heavy atom. The quantitative estimate of drug-likeness (QED) is 0.425. The van der Waals surface area contributed by atoms with Gasteiger partial charge in [0.2, 0.25) is 0 Å². The summed E-state index contributed by atoms with van der Waals surface area (Å²) in [5, 5.41) is 10.6. The summed E-state index contributed by atoms with van der Waals surface area (Å²) < 4.78 is 6.15. The first-order chi connectivity index (χ1) is 14.2. The van der Waals surface area contributed by atoms with Gasteiger partial charge in [-0.05, 0) is 35.2 Å². The van der Waals surface area contributed by atoms with Crippen molar-refractivity contribution >= 4 is 22.5 Å². The average molecular weight is 402 g/mol. The second-order valence-corrected chi connectivity index (χ2v) is 7.18. The summed E-state index contributed by atoms with van der Waals surface area (Å²) in [6.07, 6.45) is 2.97. The van der Waals surface area contributed by atoms with Gasteiger partial charge in [0, 0.05) is 28.9 Å². The third-order valence-electron chi connectivity index (χ3n) is 4.91. The van der Waals surface area contributed by atoms with E-state index in [2.05, 4.69) is 23.0 Å². The average Bonchev–Trinajstić information content (AvgIpc) is 3.12. The van der Waals surface area contributed by atoms with Gasteiger partial charge in [0.25, 0.3) is 0 Å². The molecular formula is C24H20ClN3O. The van der Waals surface area contributed by atoms with Crippen LogP contribution in [0.2, 0.25) is 5.15 Å². The number of hydrogen-bond acceptors (Lipinski definition) is 3. The number of aryl methyl sites for hydroxylation is 1. The number of para-hydroxylation sites is 1. The maximum atomic E-state index is 9.01. The van der Waals surface area contributed by atoms with E-state index in [1.165, 1.54) is 0 Å². The van der Waals surface area contributed by atoms with Gasteiger partial charge in [-0.15, -0.1) is 0 Å². The first kappa shape index (κ1) is 19.0. The molecule has 0 aliphatic rings. The van der Waals surface area contributed by atoms with Crippen molar-refractivity contribution in [1.82, 2.24) is 9.97 Å². The number of nitriles is 1. The molecule has 4 nitrogen and oxygen atoms in total. The highest BCUT2D eigenvalue weighted by Crippen LogP contribution is 2.32. The van der Waals surface area contributed by atoms with Gasteiger partial charge in [-0.25, -0.2) is 0 Å². The fourth-order valence-electron chi connectivity index (χ4n) is 3.40. The molecule has 144 valence electrons. The Bertz CT molecular complexity index is 1190. The minimum absolute atomic E-state index is 0.318. The number of aromatic nitrogens is 2. The maximum absolute atomic E-state index is 9.01.